The summed E-state index contributed by atoms with van der Waals surface area (Å²) in [6, 6.07) is 6.73. The van der Waals surface area contributed by atoms with Gasteiger partial charge in [0.2, 0.25) is 0 Å². The van der Waals surface area contributed by atoms with E-state index in [2.05, 4.69) is 58.3 Å². The molecule has 1 spiro atoms. The fraction of sp³-hybridized carbons (Fsp3) is 0.478. The highest BCUT2D eigenvalue weighted by atomic mass is 32.2. The molecule has 4 fully saturated rings. The summed E-state index contributed by atoms with van der Waals surface area (Å²) in [5.74, 6) is 3.45. The summed E-state index contributed by atoms with van der Waals surface area (Å²) in [6.45, 7) is 3.81. The SMILES string of the molecule is C1=CNC2(c3cccc4c3CC3(O4)C4CC5CC3CN(C5)C4)SC=CC2=C1. The third kappa shape index (κ3) is 1.84. The Morgan fingerprint density at radius 3 is 2.89 bits per heavy atom. The molecule has 0 aromatic heterocycles. The van der Waals surface area contributed by atoms with Crippen LogP contribution >= 0.6 is 11.8 Å². The molecule has 4 heteroatoms. The molecular formula is C23H24N2OS. The number of fused-ring (bicyclic) bond motifs is 2. The van der Waals surface area contributed by atoms with Gasteiger partial charge >= 0.3 is 0 Å². The molecule has 138 valence electrons. The first-order chi connectivity index (χ1) is 13.3. The lowest BCUT2D eigenvalue weighted by Gasteiger charge is -2.60. The minimum Gasteiger partial charge on any atom is -0.486 e. The van der Waals surface area contributed by atoms with E-state index in [4.69, 9.17) is 4.74 Å². The van der Waals surface area contributed by atoms with Gasteiger partial charge < -0.3 is 15.0 Å². The summed E-state index contributed by atoms with van der Waals surface area (Å²) in [7, 11) is 0. The molecule has 7 aliphatic rings. The Bertz CT molecular complexity index is 904. The van der Waals surface area contributed by atoms with Crippen LogP contribution in [0.1, 0.15) is 24.0 Å². The molecule has 1 saturated carbocycles. The Labute approximate surface area is 164 Å². The molecule has 6 heterocycles. The van der Waals surface area contributed by atoms with Crippen LogP contribution in [0.25, 0.3) is 0 Å². The van der Waals surface area contributed by atoms with Crippen molar-refractivity contribution in [3.05, 3.63) is 64.7 Å². The molecule has 1 aromatic rings. The number of piperidine rings is 3. The minimum absolute atomic E-state index is 0.0492. The van der Waals surface area contributed by atoms with Gasteiger partial charge in [0.15, 0.2) is 0 Å². The molecule has 3 saturated heterocycles. The molecule has 0 radical (unpaired) electrons. The minimum atomic E-state index is -0.176. The van der Waals surface area contributed by atoms with E-state index in [0.29, 0.717) is 11.8 Å². The van der Waals surface area contributed by atoms with Crippen LogP contribution in [0, 0.1) is 17.8 Å². The molecule has 4 bridgehead atoms. The maximum Gasteiger partial charge on any atom is 0.139 e. The topological polar surface area (TPSA) is 24.5 Å². The van der Waals surface area contributed by atoms with Gasteiger partial charge in [0, 0.05) is 43.5 Å². The fourth-order valence-electron chi connectivity index (χ4n) is 6.90. The second-order valence-corrected chi connectivity index (χ2v) is 10.3. The molecule has 1 N–H and O–H groups in total. The summed E-state index contributed by atoms with van der Waals surface area (Å²) >= 11 is 1.88. The van der Waals surface area contributed by atoms with Gasteiger partial charge in [-0.1, -0.05) is 30.0 Å². The number of thioether (sulfide) groups is 1. The Kier molecular flexibility index (Phi) is 2.85. The zero-order valence-electron chi connectivity index (χ0n) is 15.4. The van der Waals surface area contributed by atoms with Crippen molar-refractivity contribution in [2.75, 3.05) is 19.6 Å². The van der Waals surface area contributed by atoms with Crippen molar-refractivity contribution in [3.63, 3.8) is 0 Å². The molecule has 1 aromatic carbocycles. The summed E-state index contributed by atoms with van der Waals surface area (Å²) in [6.07, 6.45) is 12.5. The molecule has 3 nitrogen and oxygen atoms in total. The lowest BCUT2D eigenvalue weighted by molar-refractivity contribution is -0.158. The monoisotopic (exact) mass is 376 g/mol. The normalized spacial score (nSPS) is 44.8. The van der Waals surface area contributed by atoms with Gasteiger partial charge in [-0.2, -0.15) is 0 Å². The highest BCUT2D eigenvalue weighted by Gasteiger charge is 2.61. The standard InChI is InChI=1S/C23H24N2OS/c1-4-20(23-16(6-8-27-23)3-2-7-24-23)19-11-22(26-21(19)5-1)17-9-15-10-18(22)14-25(12-15)13-17/h1-8,15,17-18,24H,9-14H2. The maximum atomic E-state index is 6.93. The van der Waals surface area contributed by atoms with E-state index >= 15 is 0 Å². The van der Waals surface area contributed by atoms with Crippen molar-refractivity contribution in [2.24, 2.45) is 17.8 Å². The number of nitrogens with one attached hydrogen (secondary N) is 1. The number of rotatable bonds is 1. The molecule has 27 heavy (non-hydrogen) atoms. The maximum absolute atomic E-state index is 6.93. The van der Waals surface area contributed by atoms with E-state index in [1.54, 1.807) is 0 Å². The van der Waals surface area contributed by atoms with Gasteiger partial charge in [-0.3, -0.25) is 0 Å². The van der Waals surface area contributed by atoms with Crippen molar-refractivity contribution in [3.8, 4) is 5.75 Å². The van der Waals surface area contributed by atoms with E-state index in [-0.39, 0.29) is 10.5 Å². The predicted molar refractivity (Wildman–Crippen MR) is 108 cm³/mol. The molecule has 0 amide bonds. The average Bonchev–Trinajstić information content (AvgIpc) is 3.28. The summed E-state index contributed by atoms with van der Waals surface area (Å²) < 4.78 is 6.93. The Morgan fingerprint density at radius 2 is 2.04 bits per heavy atom. The largest absolute Gasteiger partial charge is 0.486 e. The summed E-state index contributed by atoms with van der Waals surface area (Å²) in [5, 5.41) is 5.91. The number of hydrogen-bond donors (Lipinski definition) is 1. The van der Waals surface area contributed by atoms with E-state index in [1.807, 2.05) is 11.8 Å². The molecule has 1 aliphatic carbocycles. The van der Waals surface area contributed by atoms with E-state index in [0.717, 1.165) is 18.1 Å². The third-order valence-electron chi connectivity index (χ3n) is 7.91. The quantitative estimate of drug-likeness (QED) is 0.806. The lowest BCUT2D eigenvalue weighted by atomic mass is 9.58. The zero-order chi connectivity index (χ0) is 17.6. The van der Waals surface area contributed by atoms with Crippen LogP contribution in [0.2, 0.25) is 0 Å². The average molecular weight is 377 g/mol. The van der Waals surface area contributed by atoms with Gasteiger partial charge in [0.05, 0.1) is 0 Å². The molecular weight excluding hydrogens is 352 g/mol. The Morgan fingerprint density at radius 1 is 1.15 bits per heavy atom. The van der Waals surface area contributed by atoms with Crippen LogP contribution in [0.5, 0.6) is 5.75 Å². The van der Waals surface area contributed by atoms with Crippen LogP contribution in [0.4, 0.5) is 0 Å². The van der Waals surface area contributed by atoms with Gasteiger partial charge in [0.1, 0.15) is 16.2 Å². The number of ether oxygens (including phenoxy) is 1. The van der Waals surface area contributed by atoms with Crippen molar-refractivity contribution in [1.82, 2.24) is 10.2 Å². The van der Waals surface area contributed by atoms with E-state index in [1.165, 1.54) is 49.2 Å². The molecule has 3 atom stereocenters. The number of allylic oxidation sites excluding steroid dienone is 2. The van der Waals surface area contributed by atoms with Crippen molar-refractivity contribution < 1.29 is 4.74 Å². The van der Waals surface area contributed by atoms with Gasteiger partial charge in [-0.15, -0.1) is 0 Å². The molecule has 6 aliphatic heterocycles. The number of dihydropyridines is 1. The summed E-state index contributed by atoms with van der Waals surface area (Å²) in [4.78, 5) is 2.53. The smallest absolute Gasteiger partial charge is 0.139 e. The van der Waals surface area contributed by atoms with Crippen molar-refractivity contribution in [1.29, 1.82) is 0 Å². The van der Waals surface area contributed by atoms with Crippen LogP contribution in [-0.2, 0) is 11.3 Å². The van der Waals surface area contributed by atoms with E-state index in [9.17, 15) is 0 Å². The van der Waals surface area contributed by atoms with Crippen molar-refractivity contribution >= 4 is 11.8 Å². The Balaban J connectivity index is 1.34. The van der Waals surface area contributed by atoms with Crippen LogP contribution in [0.15, 0.2) is 53.6 Å². The predicted octanol–water partition coefficient (Wildman–Crippen LogP) is 3.79. The zero-order valence-corrected chi connectivity index (χ0v) is 16.2. The van der Waals surface area contributed by atoms with Crippen LogP contribution in [0.3, 0.4) is 0 Å². The Hall–Kier alpha value is -1.65. The van der Waals surface area contributed by atoms with E-state index < -0.39 is 0 Å². The summed E-state index contributed by atoms with van der Waals surface area (Å²) in [5.41, 5.74) is 4.25. The van der Waals surface area contributed by atoms with Gasteiger partial charge in [-0.05, 0) is 59.7 Å². The second kappa shape index (κ2) is 5.03. The first kappa shape index (κ1) is 15.3. The first-order valence-electron chi connectivity index (χ1n) is 10.3. The van der Waals surface area contributed by atoms with Gasteiger partial charge in [-0.25, -0.2) is 0 Å². The number of benzene rings is 1. The highest BCUT2D eigenvalue weighted by Crippen LogP contribution is 2.58. The highest BCUT2D eigenvalue weighted by molar-refractivity contribution is 8.03. The van der Waals surface area contributed by atoms with Crippen LogP contribution < -0.4 is 10.1 Å². The number of nitrogens with zero attached hydrogens (tertiary/aromatic N) is 1. The van der Waals surface area contributed by atoms with Gasteiger partial charge in [0.25, 0.3) is 0 Å². The third-order valence-corrected chi connectivity index (χ3v) is 9.11. The number of hydrogen-bond acceptors (Lipinski definition) is 4. The van der Waals surface area contributed by atoms with Crippen molar-refractivity contribution in [2.45, 2.75) is 29.7 Å². The molecule has 3 unspecified atom stereocenters. The first-order valence-corrected chi connectivity index (χ1v) is 11.2. The molecule has 8 rings (SSSR count). The second-order valence-electron chi connectivity index (χ2n) is 9.19. The van der Waals surface area contributed by atoms with Crippen LogP contribution in [-0.4, -0.2) is 30.1 Å². The fourth-order valence-corrected chi connectivity index (χ4v) is 8.04. The lowest BCUT2D eigenvalue weighted by Crippen LogP contribution is -2.68.